The quantitative estimate of drug-likeness (QED) is 0.335. The number of carbonyl (C=O) groups excluding carboxylic acids is 4. The molecular formula is C32H42N8O6S4. The molecule has 0 radical (unpaired) electrons. The minimum Gasteiger partial charge on any atom is -0.474 e. The van der Waals surface area contributed by atoms with Crippen LogP contribution in [-0.2, 0) is 19.1 Å². The number of aliphatic imine (C=N–C) groups is 2. The van der Waals surface area contributed by atoms with Crippen LogP contribution in [0.5, 0.6) is 0 Å². The molecule has 0 fully saturated rings. The van der Waals surface area contributed by atoms with E-state index in [1.807, 2.05) is 27.7 Å². The Kier molecular flexibility index (Phi) is 11.4. The molecule has 10 bridgehead atoms. The lowest BCUT2D eigenvalue weighted by Gasteiger charge is -2.22. The third kappa shape index (κ3) is 8.29. The Morgan fingerprint density at radius 1 is 0.680 bits per heavy atom. The number of nitrogens with zero attached hydrogens (tertiary/aromatic N) is 4. The summed E-state index contributed by atoms with van der Waals surface area (Å²) < 4.78 is 12.3. The third-order valence-corrected chi connectivity index (χ3v) is 12.8. The zero-order valence-electron chi connectivity index (χ0n) is 28.6. The fourth-order valence-corrected chi connectivity index (χ4v) is 10.0. The Labute approximate surface area is 306 Å². The van der Waals surface area contributed by atoms with E-state index in [0.717, 1.165) is 0 Å². The van der Waals surface area contributed by atoms with Crippen molar-refractivity contribution in [3.05, 3.63) is 32.2 Å². The highest BCUT2D eigenvalue weighted by molar-refractivity contribution is 8.76. The van der Waals surface area contributed by atoms with Gasteiger partial charge < -0.3 is 30.7 Å². The van der Waals surface area contributed by atoms with Crippen molar-refractivity contribution in [3.8, 4) is 0 Å². The van der Waals surface area contributed by atoms with Gasteiger partial charge in [0.05, 0.1) is 12.1 Å². The molecule has 0 saturated carbocycles. The number of ether oxygens (including phenoxy) is 2. The van der Waals surface area contributed by atoms with Gasteiger partial charge in [0, 0.05) is 22.3 Å². The van der Waals surface area contributed by atoms with Gasteiger partial charge in [0.25, 0.3) is 11.8 Å². The average molecular weight is 763 g/mol. The monoisotopic (exact) mass is 762 g/mol. The van der Waals surface area contributed by atoms with Crippen molar-refractivity contribution in [3.63, 3.8) is 0 Å². The first kappa shape index (κ1) is 36.6. The van der Waals surface area contributed by atoms with E-state index < -0.39 is 60.3 Å². The summed E-state index contributed by atoms with van der Waals surface area (Å²) in [5.74, 6) is 0.109. The second-order valence-electron chi connectivity index (χ2n) is 13.6. The second kappa shape index (κ2) is 15.6. The van der Waals surface area contributed by atoms with Crippen LogP contribution < -0.4 is 21.3 Å². The van der Waals surface area contributed by atoms with Crippen molar-refractivity contribution >= 4 is 79.7 Å². The summed E-state index contributed by atoms with van der Waals surface area (Å²) in [7, 11) is 2.86. The van der Waals surface area contributed by atoms with Crippen LogP contribution in [0.25, 0.3) is 0 Å². The van der Waals surface area contributed by atoms with Gasteiger partial charge in [-0.05, 0) is 38.5 Å². The van der Waals surface area contributed by atoms with Gasteiger partial charge in [-0.2, -0.15) is 0 Å². The first-order valence-corrected chi connectivity index (χ1v) is 21.0. The van der Waals surface area contributed by atoms with Gasteiger partial charge in [-0.15, -0.1) is 22.7 Å². The van der Waals surface area contributed by atoms with E-state index in [1.165, 1.54) is 44.3 Å². The highest BCUT2D eigenvalue weighted by atomic mass is 33.1. The van der Waals surface area contributed by atoms with Crippen molar-refractivity contribution in [2.24, 2.45) is 21.8 Å². The average Bonchev–Trinajstić information content (AvgIpc) is 3.86. The van der Waals surface area contributed by atoms with Crippen LogP contribution in [0.4, 0.5) is 0 Å². The Hall–Kier alpha value is -3.22. The first-order valence-electron chi connectivity index (χ1n) is 16.7. The summed E-state index contributed by atoms with van der Waals surface area (Å²) in [6, 6.07) is -3.99. The van der Waals surface area contributed by atoms with Crippen LogP contribution in [0.15, 0.2) is 20.7 Å². The molecule has 4 amide bonds. The van der Waals surface area contributed by atoms with Crippen molar-refractivity contribution in [1.82, 2.24) is 31.2 Å². The number of thiazole rings is 2. The van der Waals surface area contributed by atoms with Crippen molar-refractivity contribution in [2.75, 3.05) is 11.5 Å². The van der Waals surface area contributed by atoms with E-state index in [4.69, 9.17) is 19.5 Å². The van der Waals surface area contributed by atoms with Crippen LogP contribution in [-0.4, -0.2) is 93.3 Å². The molecule has 2 aromatic rings. The molecule has 8 atom stereocenters. The van der Waals surface area contributed by atoms with Gasteiger partial charge in [-0.25, -0.2) is 20.0 Å². The van der Waals surface area contributed by atoms with Crippen LogP contribution >= 0.6 is 44.3 Å². The van der Waals surface area contributed by atoms with Crippen molar-refractivity contribution < 1.29 is 28.7 Å². The zero-order valence-corrected chi connectivity index (χ0v) is 31.9. The van der Waals surface area contributed by atoms with Gasteiger partial charge in [-0.3, -0.25) is 19.2 Å². The lowest BCUT2D eigenvalue weighted by atomic mass is 10.0. The molecule has 270 valence electrons. The maximum absolute atomic E-state index is 13.7. The molecule has 6 rings (SSSR count). The number of nitrogens with one attached hydrogen (secondary N) is 4. The second-order valence-corrected chi connectivity index (χ2v) is 17.9. The minimum atomic E-state index is -0.847. The number of rotatable bonds is 4. The molecule has 6 heterocycles. The number of hydrogen-bond acceptors (Lipinski definition) is 14. The van der Waals surface area contributed by atoms with E-state index in [-0.39, 0.29) is 46.8 Å². The summed E-state index contributed by atoms with van der Waals surface area (Å²) in [6.45, 7) is 11.8. The summed E-state index contributed by atoms with van der Waals surface area (Å²) in [4.78, 5) is 73.5. The van der Waals surface area contributed by atoms with Crippen LogP contribution in [0.3, 0.4) is 0 Å². The van der Waals surface area contributed by atoms with E-state index in [2.05, 4.69) is 31.2 Å². The molecule has 0 saturated heterocycles. The van der Waals surface area contributed by atoms with Gasteiger partial charge in [0.2, 0.25) is 23.6 Å². The van der Waals surface area contributed by atoms with Gasteiger partial charge in [0.1, 0.15) is 45.7 Å². The molecule has 4 aliphatic rings. The van der Waals surface area contributed by atoms with Crippen molar-refractivity contribution in [2.45, 2.75) is 103 Å². The normalized spacial score (nSPS) is 30.6. The predicted octanol–water partition coefficient (Wildman–Crippen LogP) is 3.68. The topological polar surface area (TPSA) is 185 Å². The Morgan fingerprint density at radius 2 is 1.08 bits per heavy atom. The lowest BCUT2D eigenvalue weighted by molar-refractivity contribution is -0.125. The SMILES string of the molecule is CC(C)C[C@H]1NC(=O)[C@H]2N=C(O[C@@H]2C)[C@@H]2CSSC[C@H](NC(=O)c3csc1n3)C1=N[C@H](C(=O)N[C@H](CC(C)C)c3nc(cs3)C(=O)N2)[C@@H](C)O1. The van der Waals surface area contributed by atoms with Crippen molar-refractivity contribution in [1.29, 1.82) is 0 Å². The molecule has 18 heteroatoms. The van der Waals surface area contributed by atoms with E-state index >= 15 is 0 Å². The number of aromatic nitrogens is 2. The maximum Gasteiger partial charge on any atom is 0.271 e. The number of fused-ring (bicyclic) bond motifs is 13. The molecule has 0 unspecified atom stereocenters. The van der Waals surface area contributed by atoms with Crippen LogP contribution in [0, 0.1) is 11.8 Å². The molecule has 4 aliphatic heterocycles. The Bertz CT molecular complexity index is 1560. The molecule has 0 aliphatic carbocycles. The maximum atomic E-state index is 13.7. The van der Waals surface area contributed by atoms with E-state index in [9.17, 15) is 19.2 Å². The van der Waals surface area contributed by atoms with Gasteiger partial charge in [0.15, 0.2) is 12.1 Å². The third-order valence-electron chi connectivity index (χ3n) is 8.48. The fraction of sp³-hybridized carbons (Fsp3) is 0.625. The number of hydrogen-bond donors (Lipinski definition) is 4. The Balaban J connectivity index is 1.42. The molecular weight excluding hydrogens is 721 g/mol. The summed E-state index contributed by atoms with van der Waals surface area (Å²) in [5, 5.41) is 16.8. The minimum absolute atomic E-state index is 0.208. The van der Waals surface area contributed by atoms with Gasteiger partial charge in [-0.1, -0.05) is 49.3 Å². The summed E-state index contributed by atoms with van der Waals surface area (Å²) in [5.41, 5.74) is 0.415. The molecule has 50 heavy (non-hydrogen) atoms. The van der Waals surface area contributed by atoms with E-state index in [0.29, 0.717) is 34.4 Å². The smallest absolute Gasteiger partial charge is 0.271 e. The Morgan fingerprint density at radius 3 is 1.46 bits per heavy atom. The number of amides is 4. The molecule has 4 N–H and O–H groups in total. The molecule has 0 spiro atoms. The highest BCUT2D eigenvalue weighted by Crippen LogP contribution is 2.31. The summed E-state index contributed by atoms with van der Waals surface area (Å²) in [6.07, 6.45) is 0.0196. The molecule has 0 aromatic carbocycles. The largest absolute Gasteiger partial charge is 0.474 e. The fourth-order valence-electron chi connectivity index (χ4n) is 5.99. The highest BCUT2D eigenvalue weighted by Gasteiger charge is 2.41. The predicted molar refractivity (Wildman–Crippen MR) is 196 cm³/mol. The van der Waals surface area contributed by atoms with Crippen LogP contribution in [0.2, 0.25) is 0 Å². The number of carbonyl (C=O) groups is 4. The van der Waals surface area contributed by atoms with Gasteiger partial charge >= 0.3 is 0 Å². The standard InChI is InChI=1S/C32H42N8O6S4/c1-13(2)7-17-31-37-19(9-47-31)25(41)35-22-12-50-49-11-21(29-39-23(15(5)45-29)27(43)33-17)36-26(42)20-10-48-32(38-20)18(8-14(3)4)34-28(44)24-16(6)46-30(22)40-24/h9-10,13-18,21-24H,7-8,11-12H2,1-6H3,(H,33,43)(H,34,44)(H,35,41)(H,36,42)/t15-,16-,17-,18-,21+,22+,23+,24+/m1/s1. The molecule has 2 aromatic heterocycles. The molecule has 14 nitrogen and oxygen atoms in total. The first-order chi connectivity index (χ1) is 23.9. The lowest BCUT2D eigenvalue weighted by Crippen LogP contribution is -2.44. The summed E-state index contributed by atoms with van der Waals surface area (Å²) >= 11 is 2.59. The van der Waals surface area contributed by atoms with Crippen LogP contribution in [0.1, 0.15) is 97.5 Å². The van der Waals surface area contributed by atoms with E-state index in [1.54, 1.807) is 24.6 Å². The zero-order chi connectivity index (χ0) is 35.7.